The highest BCUT2D eigenvalue weighted by molar-refractivity contribution is 5.91. The van der Waals surface area contributed by atoms with Gasteiger partial charge in [0, 0.05) is 45.5 Å². The number of alkyl halides is 3. The average Bonchev–Trinajstić information content (AvgIpc) is 3.28. The molecule has 1 saturated heterocycles. The number of piperazine rings is 1. The number of aliphatic imine (C=N–C) groups is 1. The summed E-state index contributed by atoms with van der Waals surface area (Å²) in [5, 5.41) is 3.14. The van der Waals surface area contributed by atoms with Crippen LogP contribution in [-0.2, 0) is 6.18 Å². The number of pyridine rings is 1. The Morgan fingerprint density at radius 1 is 1.23 bits per heavy atom. The van der Waals surface area contributed by atoms with E-state index in [4.69, 9.17) is 9.15 Å². The predicted octanol–water partition coefficient (Wildman–Crippen LogP) is 2.11. The number of rotatable bonds is 5. The van der Waals surface area contributed by atoms with Crippen molar-refractivity contribution in [1.29, 1.82) is 0 Å². The van der Waals surface area contributed by atoms with E-state index in [-0.39, 0.29) is 18.4 Å². The summed E-state index contributed by atoms with van der Waals surface area (Å²) in [6.07, 6.45) is -2.21. The zero-order chi connectivity index (χ0) is 21.6. The lowest BCUT2D eigenvalue weighted by Crippen LogP contribution is -2.54. The second-order valence-corrected chi connectivity index (χ2v) is 6.46. The van der Waals surface area contributed by atoms with Crippen molar-refractivity contribution >= 4 is 11.9 Å². The molecule has 0 spiro atoms. The molecule has 2 aromatic heterocycles. The predicted molar refractivity (Wildman–Crippen MR) is 102 cm³/mol. The summed E-state index contributed by atoms with van der Waals surface area (Å²) in [5.41, 5.74) is -0.821. The van der Waals surface area contributed by atoms with E-state index in [9.17, 15) is 18.0 Å². The fourth-order valence-corrected chi connectivity index (χ4v) is 2.96. The molecule has 0 aromatic carbocycles. The average molecular weight is 425 g/mol. The molecular formula is C19H22F3N5O3. The molecule has 1 fully saturated rings. The number of hydrogen-bond donors (Lipinski definition) is 1. The molecule has 3 rings (SSSR count). The fourth-order valence-electron chi connectivity index (χ4n) is 2.96. The number of ether oxygens (including phenoxy) is 1. The largest absolute Gasteiger partial charge is 0.476 e. The number of carbonyl (C=O) groups excluding carboxylic acids is 1. The van der Waals surface area contributed by atoms with E-state index in [1.807, 2.05) is 4.90 Å². The number of nitrogens with zero attached hydrogens (tertiary/aromatic N) is 4. The van der Waals surface area contributed by atoms with Crippen LogP contribution in [0.4, 0.5) is 13.2 Å². The van der Waals surface area contributed by atoms with Gasteiger partial charge in [0.25, 0.3) is 5.91 Å². The van der Waals surface area contributed by atoms with Gasteiger partial charge < -0.3 is 24.3 Å². The van der Waals surface area contributed by atoms with Crippen LogP contribution in [0.5, 0.6) is 5.88 Å². The Morgan fingerprint density at radius 2 is 1.97 bits per heavy atom. The minimum absolute atomic E-state index is 0.116. The van der Waals surface area contributed by atoms with Crippen LogP contribution in [0.2, 0.25) is 0 Å². The summed E-state index contributed by atoms with van der Waals surface area (Å²) in [5.74, 6) is 0.953. The lowest BCUT2D eigenvalue weighted by molar-refractivity contribution is -0.137. The molecule has 3 heterocycles. The lowest BCUT2D eigenvalue weighted by Gasteiger charge is -2.36. The minimum atomic E-state index is -4.42. The molecule has 0 aliphatic carbocycles. The number of nitrogens with one attached hydrogen (secondary N) is 1. The molecule has 0 radical (unpaired) electrons. The quantitative estimate of drug-likeness (QED) is 0.449. The minimum Gasteiger partial charge on any atom is -0.476 e. The highest BCUT2D eigenvalue weighted by atomic mass is 19.4. The number of aromatic nitrogens is 1. The first-order valence-electron chi connectivity index (χ1n) is 9.33. The standard InChI is InChI=1S/C19H22F3N5O3/c1-23-18(24-6-12-30-16-5-4-14(13-25-16)19(20,21)22)27-9-7-26(8-10-27)17(28)15-3-2-11-29-15/h2-5,11,13H,6-10,12H2,1H3,(H,23,24). The van der Waals surface area contributed by atoms with Crippen molar-refractivity contribution in [3.63, 3.8) is 0 Å². The van der Waals surface area contributed by atoms with E-state index < -0.39 is 11.7 Å². The maximum absolute atomic E-state index is 12.5. The zero-order valence-electron chi connectivity index (χ0n) is 16.4. The summed E-state index contributed by atoms with van der Waals surface area (Å²) < 4.78 is 48.1. The van der Waals surface area contributed by atoms with Crippen molar-refractivity contribution in [1.82, 2.24) is 20.1 Å². The molecule has 1 aliphatic heterocycles. The van der Waals surface area contributed by atoms with Crippen LogP contribution in [0.3, 0.4) is 0 Å². The van der Waals surface area contributed by atoms with Crippen LogP contribution >= 0.6 is 0 Å². The summed E-state index contributed by atoms with van der Waals surface area (Å²) in [4.78, 5) is 23.9. The van der Waals surface area contributed by atoms with Gasteiger partial charge in [0.05, 0.1) is 18.4 Å². The summed E-state index contributed by atoms with van der Waals surface area (Å²) in [6, 6.07) is 5.43. The molecule has 0 atom stereocenters. The third kappa shape index (κ3) is 5.43. The normalized spacial score (nSPS) is 15.3. The van der Waals surface area contributed by atoms with Gasteiger partial charge >= 0.3 is 6.18 Å². The molecular weight excluding hydrogens is 403 g/mol. The maximum atomic E-state index is 12.5. The van der Waals surface area contributed by atoms with Crippen molar-refractivity contribution in [2.75, 3.05) is 46.4 Å². The molecule has 162 valence electrons. The Kier molecular flexibility index (Phi) is 6.80. The molecule has 1 N–H and O–H groups in total. The molecule has 0 unspecified atom stereocenters. The van der Waals surface area contributed by atoms with E-state index in [1.54, 1.807) is 24.1 Å². The number of amides is 1. The van der Waals surface area contributed by atoms with Gasteiger partial charge in [0.15, 0.2) is 11.7 Å². The van der Waals surface area contributed by atoms with Gasteiger partial charge in [0.2, 0.25) is 5.88 Å². The van der Waals surface area contributed by atoms with Crippen LogP contribution in [-0.4, -0.2) is 73.0 Å². The van der Waals surface area contributed by atoms with Gasteiger partial charge in [-0.1, -0.05) is 0 Å². The Hall–Kier alpha value is -3.24. The molecule has 8 nitrogen and oxygen atoms in total. The monoisotopic (exact) mass is 425 g/mol. The van der Waals surface area contributed by atoms with Crippen LogP contribution in [0.15, 0.2) is 46.1 Å². The highest BCUT2D eigenvalue weighted by Gasteiger charge is 2.30. The first-order valence-corrected chi connectivity index (χ1v) is 9.33. The van der Waals surface area contributed by atoms with Crippen LogP contribution in [0.1, 0.15) is 16.1 Å². The van der Waals surface area contributed by atoms with E-state index in [1.165, 1.54) is 12.3 Å². The van der Waals surface area contributed by atoms with Gasteiger partial charge in [-0.15, -0.1) is 0 Å². The lowest BCUT2D eigenvalue weighted by atomic mass is 10.3. The van der Waals surface area contributed by atoms with Crippen molar-refractivity contribution in [2.45, 2.75) is 6.18 Å². The van der Waals surface area contributed by atoms with Crippen molar-refractivity contribution in [3.8, 4) is 5.88 Å². The smallest absolute Gasteiger partial charge is 0.417 e. The number of hydrogen-bond acceptors (Lipinski definition) is 5. The molecule has 2 aromatic rings. The van der Waals surface area contributed by atoms with Crippen LogP contribution in [0, 0.1) is 0 Å². The molecule has 1 amide bonds. The molecule has 0 saturated carbocycles. The van der Waals surface area contributed by atoms with E-state index in [0.717, 1.165) is 12.3 Å². The second-order valence-electron chi connectivity index (χ2n) is 6.46. The maximum Gasteiger partial charge on any atom is 0.417 e. The second kappa shape index (κ2) is 9.51. The topological polar surface area (TPSA) is 83.2 Å². The van der Waals surface area contributed by atoms with E-state index >= 15 is 0 Å². The number of furan rings is 1. The SMILES string of the molecule is CN=C(NCCOc1ccc(C(F)(F)F)cn1)N1CCN(C(=O)c2ccco2)CC1. The Labute approximate surface area is 171 Å². The Balaban J connectivity index is 1.40. The summed E-state index contributed by atoms with van der Waals surface area (Å²) in [7, 11) is 1.65. The van der Waals surface area contributed by atoms with Gasteiger partial charge in [0.1, 0.15) is 6.61 Å². The zero-order valence-corrected chi connectivity index (χ0v) is 16.4. The van der Waals surface area contributed by atoms with Gasteiger partial charge in [-0.3, -0.25) is 9.79 Å². The van der Waals surface area contributed by atoms with Gasteiger partial charge in [-0.05, 0) is 18.2 Å². The summed E-state index contributed by atoms with van der Waals surface area (Å²) >= 11 is 0. The first-order chi connectivity index (χ1) is 14.4. The Bertz CT molecular complexity index is 845. The van der Waals surface area contributed by atoms with Gasteiger partial charge in [-0.2, -0.15) is 13.2 Å². The summed E-state index contributed by atoms with van der Waals surface area (Å²) in [6.45, 7) is 2.87. The molecule has 1 aliphatic rings. The van der Waals surface area contributed by atoms with Gasteiger partial charge in [-0.25, -0.2) is 4.98 Å². The fraction of sp³-hybridized carbons (Fsp3) is 0.421. The third-order valence-corrected chi connectivity index (χ3v) is 4.51. The number of halogens is 3. The number of carbonyl (C=O) groups is 1. The molecule has 0 bridgehead atoms. The van der Waals surface area contributed by atoms with Crippen molar-refractivity contribution in [2.24, 2.45) is 4.99 Å². The molecule has 30 heavy (non-hydrogen) atoms. The van der Waals surface area contributed by atoms with Crippen molar-refractivity contribution in [3.05, 3.63) is 48.0 Å². The third-order valence-electron chi connectivity index (χ3n) is 4.51. The van der Waals surface area contributed by atoms with E-state index in [2.05, 4.69) is 15.3 Å². The molecule has 11 heteroatoms. The number of guanidine groups is 1. The Morgan fingerprint density at radius 3 is 2.53 bits per heavy atom. The van der Waals surface area contributed by atoms with Crippen LogP contribution in [0.25, 0.3) is 0 Å². The van der Waals surface area contributed by atoms with Crippen molar-refractivity contribution < 1.29 is 27.1 Å². The van der Waals surface area contributed by atoms with E-state index in [0.29, 0.717) is 44.4 Å². The highest BCUT2D eigenvalue weighted by Crippen LogP contribution is 2.29. The van der Waals surface area contributed by atoms with Crippen LogP contribution < -0.4 is 10.1 Å². The first kappa shape index (κ1) is 21.5.